The number of hydrogen-bond acceptors (Lipinski definition) is 4. The maximum atomic E-state index is 11.5. The fraction of sp³-hybridized carbons (Fsp3) is 0.667. The zero-order valence-electron chi connectivity index (χ0n) is 10.8. The molecule has 1 saturated heterocycles. The van der Waals surface area contributed by atoms with Crippen molar-refractivity contribution in [3.8, 4) is 0 Å². The number of thioether (sulfide) groups is 1. The monoisotopic (exact) mass is 268 g/mol. The van der Waals surface area contributed by atoms with Crippen molar-refractivity contribution in [2.75, 3.05) is 19.3 Å². The number of allylic oxidation sites excluding steroid dienone is 1. The van der Waals surface area contributed by atoms with E-state index in [9.17, 15) is 4.79 Å². The summed E-state index contributed by atoms with van der Waals surface area (Å²) >= 11 is 1.64. The molecule has 0 amide bonds. The molecule has 1 aromatic rings. The van der Waals surface area contributed by atoms with Crippen LogP contribution in [0.2, 0.25) is 0 Å². The first-order valence-corrected chi connectivity index (χ1v) is 7.30. The van der Waals surface area contributed by atoms with Gasteiger partial charge in [-0.05, 0) is 32.9 Å². The van der Waals surface area contributed by atoms with Crippen LogP contribution in [0.15, 0.2) is 22.6 Å². The molecule has 0 aromatic carbocycles. The van der Waals surface area contributed by atoms with E-state index >= 15 is 0 Å². The van der Waals surface area contributed by atoms with Gasteiger partial charge in [0.1, 0.15) is 0 Å². The fourth-order valence-corrected chi connectivity index (χ4v) is 3.33. The van der Waals surface area contributed by atoms with Crippen molar-refractivity contribution >= 4 is 11.8 Å². The molecule has 0 spiro atoms. The molecule has 1 aromatic heterocycles. The van der Waals surface area contributed by atoms with Gasteiger partial charge in [-0.3, -0.25) is 4.57 Å². The van der Waals surface area contributed by atoms with E-state index in [2.05, 4.69) is 28.7 Å². The Morgan fingerprint density at radius 3 is 3.17 bits per heavy atom. The van der Waals surface area contributed by atoms with Crippen LogP contribution >= 0.6 is 11.8 Å². The second kappa shape index (κ2) is 6.24. The number of aromatic amines is 1. The second-order valence-electron chi connectivity index (χ2n) is 4.62. The third-order valence-corrected chi connectivity index (χ3v) is 4.40. The number of nitrogens with one attached hydrogen (secondary N) is 1. The maximum absolute atomic E-state index is 11.5. The average molecular weight is 268 g/mol. The lowest BCUT2D eigenvalue weighted by Gasteiger charge is -2.18. The van der Waals surface area contributed by atoms with Gasteiger partial charge < -0.3 is 4.90 Å². The van der Waals surface area contributed by atoms with Crippen molar-refractivity contribution < 1.29 is 0 Å². The standard InChI is InChI=1S/C12H20N4OS/c1-3-7-16-11(17)13-14-12(16)18-9-6-10-5-4-8-15(10)2/h3,10H,1,4-9H2,2H3,(H,13,17). The van der Waals surface area contributed by atoms with Gasteiger partial charge in [0.2, 0.25) is 0 Å². The van der Waals surface area contributed by atoms with E-state index in [0.717, 1.165) is 17.3 Å². The predicted molar refractivity (Wildman–Crippen MR) is 74.0 cm³/mol. The third kappa shape index (κ3) is 3.05. The van der Waals surface area contributed by atoms with E-state index in [1.807, 2.05) is 0 Å². The van der Waals surface area contributed by atoms with Gasteiger partial charge >= 0.3 is 5.69 Å². The lowest BCUT2D eigenvalue weighted by molar-refractivity contribution is 0.305. The van der Waals surface area contributed by atoms with Gasteiger partial charge in [0.25, 0.3) is 0 Å². The van der Waals surface area contributed by atoms with Crippen LogP contribution in [0.1, 0.15) is 19.3 Å². The van der Waals surface area contributed by atoms with Crippen molar-refractivity contribution in [3.05, 3.63) is 23.1 Å². The Labute approximate surface area is 111 Å². The molecule has 2 heterocycles. The molecule has 2 rings (SSSR count). The van der Waals surface area contributed by atoms with Gasteiger partial charge in [0.05, 0.1) is 0 Å². The van der Waals surface area contributed by atoms with E-state index in [1.165, 1.54) is 19.4 Å². The molecule has 1 fully saturated rings. The summed E-state index contributed by atoms with van der Waals surface area (Å²) in [5.74, 6) is 0.996. The van der Waals surface area contributed by atoms with E-state index in [-0.39, 0.29) is 5.69 Å². The van der Waals surface area contributed by atoms with E-state index in [1.54, 1.807) is 22.4 Å². The van der Waals surface area contributed by atoms with Gasteiger partial charge in [-0.1, -0.05) is 17.8 Å². The van der Waals surface area contributed by atoms with Crippen LogP contribution in [0, 0.1) is 0 Å². The summed E-state index contributed by atoms with van der Waals surface area (Å²) in [6.45, 7) is 5.38. The quantitative estimate of drug-likeness (QED) is 0.625. The lowest BCUT2D eigenvalue weighted by Crippen LogP contribution is -2.25. The Balaban J connectivity index is 1.86. The minimum absolute atomic E-state index is 0.157. The Morgan fingerprint density at radius 1 is 1.67 bits per heavy atom. The lowest BCUT2D eigenvalue weighted by atomic mass is 10.2. The molecule has 1 aliphatic rings. The molecule has 0 bridgehead atoms. The van der Waals surface area contributed by atoms with Gasteiger partial charge in [0, 0.05) is 18.3 Å². The largest absolute Gasteiger partial charge is 0.344 e. The van der Waals surface area contributed by atoms with E-state index in [0.29, 0.717) is 12.6 Å². The van der Waals surface area contributed by atoms with Crippen molar-refractivity contribution in [1.82, 2.24) is 19.7 Å². The molecule has 0 aliphatic carbocycles. The number of aromatic nitrogens is 3. The van der Waals surface area contributed by atoms with Crippen LogP contribution in [0.4, 0.5) is 0 Å². The summed E-state index contributed by atoms with van der Waals surface area (Å²) in [6, 6.07) is 0.691. The van der Waals surface area contributed by atoms with Crippen LogP contribution in [0.5, 0.6) is 0 Å². The zero-order valence-corrected chi connectivity index (χ0v) is 11.6. The topological polar surface area (TPSA) is 53.9 Å². The second-order valence-corrected chi connectivity index (χ2v) is 5.69. The minimum Gasteiger partial charge on any atom is -0.303 e. The van der Waals surface area contributed by atoms with Crippen LogP contribution in [-0.2, 0) is 6.54 Å². The smallest absolute Gasteiger partial charge is 0.303 e. The first-order valence-electron chi connectivity index (χ1n) is 6.31. The summed E-state index contributed by atoms with van der Waals surface area (Å²) in [5.41, 5.74) is -0.157. The van der Waals surface area contributed by atoms with Crippen LogP contribution in [-0.4, -0.2) is 45.1 Å². The van der Waals surface area contributed by atoms with Crippen LogP contribution in [0.3, 0.4) is 0 Å². The minimum atomic E-state index is -0.157. The predicted octanol–water partition coefficient (Wildman–Crippen LogP) is 1.33. The summed E-state index contributed by atoms with van der Waals surface area (Å²) in [4.78, 5) is 13.9. The summed E-state index contributed by atoms with van der Waals surface area (Å²) in [6.07, 6.45) is 5.45. The normalized spacial score (nSPS) is 20.4. The fourth-order valence-electron chi connectivity index (χ4n) is 2.33. The summed E-state index contributed by atoms with van der Waals surface area (Å²) < 4.78 is 1.62. The number of nitrogens with zero attached hydrogens (tertiary/aromatic N) is 3. The van der Waals surface area contributed by atoms with Crippen molar-refractivity contribution in [2.24, 2.45) is 0 Å². The number of hydrogen-bond donors (Lipinski definition) is 1. The molecule has 1 aliphatic heterocycles. The van der Waals surface area contributed by atoms with Gasteiger partial charge in [-0.2, -0.15) is 0 Å². The number of likely N-dealkylation sites (tertiary alicyclic amines) is 1. The highest BCUT2D eigenvalue weighted by molar-refractivity contribution is 7.99. The highest BCUT2D eigenvalue weighted by atomic mass is 32.2. The van der Waals surface area contributed by atoms with Crippen molar-refractivity contribution in [3.63, 3.8) is 0 Å². The van der Waals surface area contributed by atoms with E-state index < -0.39 is 0 Å². The molecule has 1 atom stereocenters. The Hall–Kier alpha value is -1.01. The highest BCUT2D eigenvalue weighted by Crippen LogP contribution is 2.22. The molecule has 100 valence electrons. The third-order valence-electron chi connectivity index (χ3n) is 3.39. The molecule has 0 saturated carbocycles. The van der Waals surface area contributed by atoms with Crippen molar-refractivity contribution in [2.45, 2.75) is 37.0 Å². The number of rotatable bonds is 6. The SMILES string of the molecule is C=CCn1c(SCCC2CCCN2C)n[nH]c1=O. The van der Waals surface area contributed by atoms with Gasteiger partial charge in [0.15, 0.2) is 5.16 Å². The summed E-state index contributed by atoms with van der Waals surface area (Å²) in [5, 5.41) is 7.30. The highest BCUT2D eigenvalue weighted by Gasteiger charge is 2.20. The molecule has 18 heavy (non-hydrogen) atoms. The van der Waals surface area contributed by atoms with Gasteiger partial charge in [-0.15, -0.1) is 11.7 Å². The Kier molecular flexibility index (Phi) is 4.66. The molecule has 1 unspecified atom stereocenters. The first kappa shape index (κ1) is 13.4. The molecule has 5 nitrogen and oxygen atoms in total. The van der Waals surface area contributed by atoms with E-state index in [4.69, 9.17) is 0 Å². The molecular weight excluding hydrogens is 248 g/mol. The molecular formula is C12H20N4OS. The summed E-state index contributed by atoms with van der Waals surface area (Å²) in [7, 11) is 2.19. The Morgan fingerprint density at radius 2 is 2.50 bits per heavy atom. The molecule has 0 radical (unpaired) electrons. The van der Waals surface area contributed by atoms with Crippen LogP contribution in [0.25, 0.3) is 0 Å². The zero-order chi connectivity index (χ0) is 13.0. The molecule has 6 heteroatoms. The first-order chi connectivity index (χ1) is 8.72. The van der Waals surface area contributed by atoms with Crippen LogP contribution < -0.4 is 5.69 Å². The molecule has 1 N–H and O–H groups in total. The average Bonchev–Trinajstić information content (AvgIpc) is 2.90. The van der Waals surface area contributed by atoms with Crippen molar-refractivity contribution in [1.29, 1.82) is 0 Å². The van der Waals surface area contributed by atoms with Gasteiger partial charge in [-0.25, -0.2) is 9.89 Å². The maximum Gasteiger partial charge on any atom is 0.344 e. The number of H-pyrrole nitrogens is 1. The Bertz CT molecular complexity index is 453.